The zero-order chi connectivity index (χ0) is 15.7. The molecule has 0 amide bonds. The third-order valence-electron chi connectivity index (χ3n) is 2.93. The van der Waals surface area contributed by atoms with Gasteiger partial charge in [0.25, 0.3) is 0 Å². The fourth-order valence-corrected chi connectivity index (χ4v) is 2.47. The Morgan fingerprint density at radius 2 is 2.26 bits per heavy atom. The van der Waals surface area contributed by atoms with Crippen molar-refractivity contribution in [3.05, 3.63) is 44.9 Å². The molecule has 0 aromatic carbocycles. The summed E-state index contributed by atoms with van der Waals surface area (Å²) < 4.78 is 2.29. The number of Topliss-reactive ketones (excluding diaryl/α,β-unsaturated/α-hetero) is 1. The molecule has 0 unspecified atom stereocenters. The monoisotopic (exact) mass is 445 g/mol. The van der Waals surface area contributed by atoms with Crippen LogP contribution in [-0.4, -0.2) is 42.5 Å². The van der Waals surface area contributed by atoms with Crippen LogP contribution in [0.25, 0.3) is 5.65 Å². The summed E-state index contributed by atoms with van der Waals surface area (Å²) >= 11 is 1.34. The Morgan fingerprint density at radius 3 is 2.96 bits per heavy atom. The molecule has 11 heteroatoms. The van der Waals surface area contributed by atoms with Crippen molar-refractivity contribution in [2.45, 2.75) is 0 Å². The molecule has 0 saturated heterocycles. The number of carbonyl (C=O) groups is 1. The minimum Gasteiger partial charge on any atom is -0.382 e. The van der Waals surface area contributed by atoms with Crippen LogP contribution in [0.4, 0.5) is 0 Å². The highest BCUT2D eigenvalue weighted by molar-refractivity contribution is 14.0. The lowest BCUT2D eigenvalue weighted by Gasteiger charge is -1.99. The van der Waals surface area contributed by atoms with Crippen LogP contribution < -0.4 is 11.4 Å². The summed E-state index contributed by atoms with van der Waals surface area (Å²) in [7, 11) is 1.48. The second-order valence-electron chi connectivity index (χ2n) is 4.38. The van der Waals surface area contributed by atoms with Gasteiger partial charge in [0.1, 0.15) is 18.7 Å². The second-order valence-corrected chi connectivity index (χ2v) is 5.33. The van der Waals surface area contributed by atoms with Crippen LogP contribution in [0, 0.1) is 0 Å². The molecule has 120 valence electrons. The lowest BCUT2D eigenvalue weighted by molar-refractivity contribution is 0.101. The average Bonchev–Trinajstić information content (AvgIpc) is 3.17. The molecule has 3 rings (SSSR count). The standard InChI is InChI=1S/C12H11N7O2S.HI/c1-18-12(21)19-6-15-9(11(19)16-17-18)10(13)14-5-7(20)8-3-2-4-22-8;/h2-4,6H,5H2,1H3,(H2,13,14);1H. The Balaban J connectivity index is 0.00000192. The average molecular weight is 445 g/mol. The molecule has 0 atom stereocenters. The van der Waals surface area contributed by atoms with E-state index in [9.17, 15) is 9.59 Å². The number of rotatable bonds is 4. The first-order valence-corrected chi connectivity index (χ1v) is 7.10. The van der Waals surface area contributed by atoms with Gasteiger partial charge in [-0.05, 0) is 11.4 Å². The van der Waals surface area contributed by atoms with Gasteiger partial charge < -0.3 is 5.73 Å². The second kappa shape index (κ2) is 6.95. The van der Waals surface area contributed by atoms with Crippen LogP contribution in [-0.2, 0) is 7.05 Å². The molecule has 0 saturated carbocycles. The number of hydrogen-bond acceptors (Lipinski definition) is 7. The summed E-state index contributed by atoms with van der Waals surface area (Å²) in [6, 6.07) is 3.51. The molecule has 3 aromatic heterocycles. The van der Waals surface area contributed by atoms with E-state index in [2.05, 4.69) is 20.3 Å². The zero-order valence-electron chi connectivity index (χ0n) is 11.9. The quantitative estimate of drug-likeness (QED) is 0.263. The maximum Gasteiger partial charge on any atom is 0.352 e. The van der Waals surface area contributed by atoms with E-state index in [-0.39, 0.29) is 53.5 Å². The highest BCUT2D eigenvalue weighted by Gasteiger charge is 2.14. The van der Waals surface area contributed by atoms with E-state index in [1.54, 1.807) is 12.1 Å². The third kappa shape index (κ3) is 3.29. The topological polar surface area (TPSA) is 121 Å². The predicted molar refractivity (Wildman–Crippen MR) is 95.7 cm³/mol. The molecule has 3 heterocycles. The van der Waals surface area contributed by atoms with Gasteiger partial charge in [0.15, 0.2) is 17.1 Å². The van der Waals surface area contributed by atoms with E-state index in [0.717, 1.165) is 4.68 Å². The molecular weight excluding hydrogens is 433 g/mol. The molecule has 0 aliphatic carbocycles. The molecule has 23 heavy (non-hydrogen) atoms. The Bertz CT molecular complexity index is 929. The lowest BCUT2D eigenvalue weighted by atomic mass is 10.3. The molecule has 0 radical (unpaired) electrons. The number of nitrogens with two attached hydrogens (primary N) is 1. The summed E-state index contributed by atoms with van der Waals surface area (Å²) in [6.07, 6.45) is 1.30. The number of aromatic nitrogens is 5. The number of thiophene rings is 1. The first-order valence-electron chi connectivity index (χ1n) is 6.22. The molecule has 0 aliphatic rings. The summed E-state index contributed by atoms with van der Waals surface area (Å²) in [5.41, 5.74) is 5.87. The number of aryl methyl sites for hydroxylation is 1. The Kier molecular flexibility index (Phi) is 5.20. The van der Waals surface area contributed by atoms with Crippen LogP contribution in [0.2, 0.25) is 0 Å². The van der Waals surface area contributed by atoms with E-state index in [4.69, 9.17) is 5.73 Å². The summed E-state index contributed by atoms with van der Waals surface area (Å²) in [6.45, 7) is -0.0936. The minimum absolute atomic E-state index is 0. The normalized spacial score (nSPS) is 11.4. The molecular formula is C12H12IN7O2S. The molecule has 0 fully saturated rings. The number of ketones is 1. The Morgan fingerprint density at radius 1 is 1.48 bits per heavy atom. The van der Waals surface area contributed by atoms with Gasteiger partial charge in [-0.1, -0.05) is 11.3 Å². The van der Waals surface area contributed by atoms with Crippen LogP contribution in [0.15, 0.2) is 33.6 Å². The fourth-order valence-electron chi connectivity index (χ4n) is 1.81. The highest BCUT2D eigenvalue weighted by atomic mass is 127. The maximum absolute atomic E-state index is 11.9. The zero-order valence-corrected chi connectivity index (χ0v) is 15.1. The number of nitrogens with zero attached hydrogens (tertiary/aromatic N) is 6. The van der Waals surface area contributed by atoms with Crippen molar-refractivity contribution in [2.24, 2.45) is 17.8 Å². The van der Waals surface area contributed by atoms with Crippen LogP contribution in [0.3, 0.4) is 0 Å². The van der Waals surface area contributed by atoms with Gasteiger partial charge in [-0.3, -0.25) is 9.79 Å². The van der Waals surface area contributed by atoms with Gasteiger partial charge in [-0.2, -0.15) is 4.68 Å². The third-order valence-corrected chi connectivity index (χ3v) is 3.84. The summed E-state index contributed by atoms with van der Waals surface area (Å²) in [5.74, 6) is -0.0987. The van der Waals surface area contributed by atoms with Crippen molar-refractivity contribution in [1.29, 1.82) is 0 Å². The molecule has 2 N–H and O–H groups in total. The van der Waals surface area contributed by atoms with Gasteiger partial charge in [-0.15, -0.1) is 40.4 Å². The summed E-state index contributed by atoms with van der Waals surface area (Å²) in [5, 5.41) is 9.36. The van der Waals surface area contributed by atoms with Crippen molar-refractivity contribution >= 4 is 52.6 Å². The smallest absolute Gasteiger partial charge is 0.352 e. The fraction of sp³-hybridized carbons (Fsp3) is 0.167. The molecule has 0 aliphatic heterocycles. The largest absolute Gasteiger partial charge is 0.382 e. The number of imidazole rings is 1. The van der Waals surface area contributed by atoms with Gasteiger partial charge in [0.2, 0.25) is 0 Å². The van der Waals surface area contributed by atoms with Gasteiger partial charge >= 0.3 is 5.69 Å². The highest BCUT2D eigenvalue weighted by Crippen LogP contribution is 2.09. The molecule has 0 bridgehead atoms. The number of fused-ring (bicyclic) bond motifs is 1. The van der Waals surface area contributed by atoms with Crippen LogP contribution >= 0.6 is 35.3 Å². The molecule has 9 nitrogen and oxygen atoms in total. The number of hydrogen-bond donors (Lipinski definition) is 1. The predicted octanol–water partition coefficient (Wildman–Crippen LogP) is 0.0907. The number of aliphatic imine (C=N–C) groups is 1. The van der Waals surface area contributed by atoms with Gasteiger partial charge in [0.05, 0.1) is 4.88 Å². The maximum atomic E-state index is 11.9. The van der Waals surface area contributed by atoms with E-state index < -0.39 is 5.69 Å². The first kappa shape index (κ1) is 17.2. The Hall–Kier alpha value is -2.15. The van der Waals surface area contributed by atoms with Crippen LogP contribution in [0.5, 0.6) is 0 Å². The minimum atomic E-state index is -0.397. The number of carbonyl (C=O) groups excluding carboxylic acids is 1. The van der Waals surface area contributed by atoms with Crippen molar-refractivity contribution in [1.82, 2.24) is 24.4 Å². The van der Waals surface area contributed by atoms with E-state index in [0.29, 0.717) is 4.88 Å². The lowest BCUT2D eigenvalue weighted by Crippen LogP contribution is -2.27. The molecule has 0 spiro atoms. The first-order chi connectivity index (χ1) is 10.6. The van der Waals surface area contributed by atoms with Crippen LogP contribution in [0.1, 0.15) is 15.4 Å². The van der Waals surface area contributed by atoms with Crippen molar-refractivity contribution in [3.63, 3.8) is 0 Å². The summed E-state index contributed by atoms with van der Waals surface area (Å²) in [4.78, 5) is 32.4. The van der Waals surface area contributed by atoms with E-state index in [1.165, 1.54) is 29.1 Å². The number of halogens is 1. The van der Waals surface area contributed by atoms with E-state index >= 15 is 0 Å². The van der Waals surface area contributed by atoms with Crippen molar-refractivity contribution < 1.29 is 4.79 Å². The van der Waals surface area contributed by atoms with E-state index in [1.807, 2.05) is 5.38 Å². The van der Waals surface area contributed by atoms with Crippen molar-refractivity contribution in [3.8, 4) is 0 Å². The Labute approximate surface area is 150 Å². The SMILES string of the molecule is Cn1nnc2c(C(N)=NCC(=O)c3cccs3)ncn2c1=O.I. The van der Waals surface area contributed by atoms with Gasteiger partial charge in [-0.25, -0.2) is 14.2 Å². The van der Waals surface area contributed by atoms with Crippen molar-refractivity contribution in [2.75, 3.05) is 6.54 Å². The number of amidine groups is 1. The van der Waals surface area contributed by atoms with Gasteiger partial charge in [0, 0.05) is 7.05 Å². The molecule has 3 aromatic rings.